The summed E-state index contributed by atoms with van der Waals surface area (Å²) < 4.78 is 10.7. The molecule has 0 aliphatic rings. The predicted octanol–water partition coefficient (Wildman–Crippen LogP) is 1.30. The molecule has 1 aromatic carbocycles. The largest absolute Gasteiger partial charge is 0.493 e. The van der Waals surface area contributed by atoms with Crippen LogP contribution in [0.4, 0.5) is 0 Å². The van der Waals surface area contributed by atoms with E-state index in [9.17, 15) is 4.79 Å². The third kappa shape index (κ3) is 5.18. The maximum absolute atomic E-state index is 11.6. The molecule has 1 amide bonds. The molecule has 0 bridgehead atoms. The van der Waals surface area contributed by atoms with E-state index in [2.05, 4.69) is 0 Å². The summed E-state index contributed by atoms with van der Waals surface area (Å²) in [4.78, 5) is 13.1. The molecular formula is C14H21NO4. The van der Waals surface area contributed by atoms with Gasteiger partial charge in [0.1, 0.15) is 0 Å². The Labute approximate surface area is 113 Å². The van der Waals surface area contributed by atoms with Crippen LogP contribution in [0.25, 0.3) is 0 Å². The summed E-state index contributed by atoms with van der Waals surface area (Å²) in [6, 6.07) is 7.41. The molecule has 106 valence electrons. The molecule has 5 nitrogen and oxygen atoms in total. The summed E-state index contributed by atoms with van der Waals surface area (Å²) in [5.74, 6) is 1.38. The van der Waals surface area contributed by atoms with Crippen molar-refractivity contribution in [3.8, 4) is 11.5 Å². The van der Waals surface area contributed by atoms with E-state index >= 15 is 0 Å². The average Bonchev–Trinajstić information content (AvgIpc) is 2.44. The van der Waals surface area contributed by atoms with E-state index in [0.717, 1.165) is 0 Å². The molecular weight excluding hydrogens is 246 g/mol. The number of likely N-dealkylation sites (N-methyl/N-ethyl adjacent to an activating group) is 1. The minimum Gasteiger partial charge on any atom is -0.493 e. The average molecular weight is 267 g/mol. The Hall–Kier alpha value is -1.75. The van der Waals surface area contributed by atoms with Gasteiger partial charge in [-0.1, -0.05) is 12.1 Å². The van der Waals surface area contributed by atoms with E-state index < -0.39 is 0 Å². The number of aliphatic hydroxyl groups excluding tert-OH is 1. The van der Waals surface area contributed by atoms with Crippen molar-refractivity contribution in [3.63, 3.8) is 0 Å². The molecule has 0 unspecified atom stereocenters. The Kier molecular flexibility index (Phi) is 6.74. The number of hydrogen-bond acceptors (Lipinski definition) is 4. The van der Waals surface area contributed by atoms with Crippen LogP contribution >= 0.6 is 0 Å². The van der Waals surface area contributed by atoms with Gasteiger partial charge in [-0.2, -0.15) is 0 Å². The molecule has 0 spiro atoms. The third-order valence-corrected chi connectivity index (χ3v) is 2.72. The summed E-state index contributed by atoms with van der Waals surface area (Å²) >= 11 is 0. The van der Waals surface area contributed by atoms with Gasteiger partial charge in [0.25, 0.3) is 0 Å². The Morgan fingerprint density at radius 3 is 2.63 bits per heavy atom. The van der Waals surface area contributed by atoms with Crippen LogP contribution in [0.1, 0.15) is 12.8 Å². The minimum atomic E-state index is -0.0139. The molecule has 19 heavy (non-hydrogen) atoms. The quantitative estimate of drug-likeness (QED) is 0.721. The monoisotopic (exact) mass is 267 g/mol. The highest BCUT2D eigenvalue weighted by atomic mass is 16.5. The summed E-state index contributed by atoms with van der Waals surface area (Å²) in [6.45, 7) is 0.811. The molecule has 1 rings (SSSR count). The minimum absolute atomic E-state index is 0.0117. The number of ether oxygens (including phenoxy) is 2. The highest BCUT2D eigenvalue weighted by Gasteiger charge is 2.08. The number of carbonyl (C=O) groups is 1. The Balaban J connectivity index is 2.29. The second-order valence-electron chi connectivity index (χ2n) is 4.14. The molecule has 0 fully saturated rings. The van der Waals surface area contributed by atoms with Crippen LogP contribution in [0.15, 0.2) is 24.3 Å². The normalized spacial score (nSPS) is 10.1. The zero-order valence-electron chi connectivity index (χ0n) is 11.5. The molecule has 0 radical (unpaired) electrons. The van der Waals surface area contributed by atoms with Gasteiger partial charge in [0, 0.05) is 20.0 Å². The lowest BCUT2D eigenvalue weighted by molar-refractivity contribution is -0.130. The van der Waals surface area contributed by atoms with Crippen LogP contribution in [0.2, 0.25) is 0 Å². The van der Waals surface area contributed by atoms with Crippen molar-refractivity contribution in [2.75, 3.05) is 33.9 Å². The van der Waals surface area contributed by atoms with E-state index in [0.29, 0.717) is 37.5 Å². The van der Waals surface area contributed by atoms with Gasteiger partial charge in [0.15, 0.2) is 11.5 Å². The zero-order chi connectivity index (χ0) is 14.1. The first-order valence-electron chi connectivity index (χ1n) is 6.29. The van der Waals surface area contributed by atoms with Gasteiger partial charge in [-0.15, -0.1) is 0 Å². The lowest BCUT2D eigenvalue weighted by Gasteiger charge is -2.15. The maximum Gasteiger partial charge on any atom is 0.222 e. The molecule has 1 aromatic rings. The molecule has 0 aliphatic carbocycles. The van der Waals surface area contributed by atoms with E-state index in [1.807, 2.05) is 24.3 Å². The van der Waals surface area contributed by atoms with Crippen LogP contribution < -0.4 is 9.47 Å². The van der Waals surface area contributed by atoms with E-state index in [1.165, 1.54) is 4.90 Å². The fourth-order valence-electron chi connectivity index (χ4n) is 1.61. The first-order chi connectivity index (χ1) is 9.19. The number of nitrogens with zero attached hydrogens (tertiary/aromatic N) is 1. The van der Waals surface area contributed by atoms with Gasteiger partial charge in [-0.05, 0) is 18.6 Å². The standard InChI is InChI=1S/C14H21NO4/c1-15(9-10-16)14(17)8-5-11-19-13-7-4-3-6-12(13)18-2/h3-4,6-7,16H,5,8-11H2,1-2H3. The molecule has 0 aliphatic heterocycles. The molecule has 0 atom stereocenters. The second-order valence-corrected chi connectivity index (χ2v) is 4.14. The van der Waals surface area contributed by atoms with Crippen LogP contribution in [-0.2, 0) is 4.79 Å². The lowest BCUT2D eigenvalue weighted by Crippen LogP contribution is -2.29. The summed E-state index contributed by atoms with van der Waals surface area (Å²) in [6.07, 6.45) is 1.04. The topological polar surface area (TPSA) is 59.0 Å². The van der Waals surface area contributed by atoms with Gasteiger partial charge < -0.3 is 19.5 Å². The Morgan fingerprint density at radius 2 is 2.00 bits per heavy atom. The molecule has 5 heteroatoms. The smallest absolute Gasteiger partial charge is 0.222 e. The molecule has 0 saturated heterocycles. The van der Waals surface area contributed by atoms with Crippen molar-refractivity contribution in [1.29, 1.82) is 0 Å². The van der Waals surface area contributed by atoms with Crippen molar-refractivity contribution in [2.45, 2.75) is 12.8 Å². The number of para-hydroxylation sites is 2. The summed E-state index contributed by atoms with van der Waals surface area (Å²) in [7, 11) is 3.27. The van der Waals surface area contributed by atoms with E-state index in [-0.39, 0.29) is 12.5 Å². The van der Waals surface area contributed by atoms with E-state index in [4.69, 9.17) is 14.6 Å². The number of carbonyl (C=O) groups excluding carboxylic acids is 1. The van der Waals surface area contributed by atoms with Crippen molar-refractivity contribution in [3.05, 3.63) is 24.3 Å². The predicted molar refractivity (Wildman–Crippen MR) is 72.4 cm³/mol. The van der Waals surface area contributed by atoms with Gasteiger partial charge in [-0.3, -0.25) is 4.79 Å². The van der Waals surface area contributed by atoms with Crippen LogP contribution in [0.5, 0.6) is 11.5 Å². The van der Waals surface area contributed by atoms with Crippen LogP contribution in [-0.4, -0.2) is 49.8 Å². The van der Waals surface area contributed by atoms with Crippen molar-refractivity contribution < 1.29 is 19.4 Å². The number of aliphatic hydroxyl groups is 1. The van der Waals surface area contributed by atoms with Crippen LogP contribution in [0.3, 0.4) is 0 Å². The van der Waals surface area contributed by atoms with Crippen molar-refractivity contribution in [2.24, 2.45) is 0 Å². The zero-order valence-corrected chi connectivity index (χ0v) is 11.5. The van der Waals surface area contributed by atoms with E-state index in [1.54, 1.807) is 14.2 Å². The summed E-state index contributed by atoms with van der Waals surface area (Å²) in [5.41, 5.74) is 0. The molecule has 1 N–H and O–H groups in total. The highest BCUT2D eigenvalue weighted by Crippen LogP contribution is 2.25. The fourth-order valence-corrected chi connectivity index (χ4v) is 1.61. The maximum atomic E-state index is 11.6. The molecule has 0 aromatic heterocycles. The number of amides is 1. The first kappa shape index (κ1) is 15.3. The Morgan fingerprint density at radius 1 is 1.32 bits per heavy atom. The number of rotatable bonds is 8. The van der Waals surface area contributed by atoms with Crippen molar-refractivity contribution in [1.82, 2.24) is 4.90 Å². The van der Waals surface area contributed by atoms with Gasteiger partial charge >= 0.3 is 0 Å². The van der Waals surface area contributed by atoms with Gasteiger partial charge in [0.2, 0.25) is 5.91 Å². The van der Waals surface area contributed by atoms with Gasteiger partial charge in [0.05, 0.1) is 20.3 Å². The van der Waals surface area contributed by atoms with Gasteiger partial charge in [-0.25, -0.2) is 0 Å². The van der Waals surface area contributed by atoms with Crippen molar-refractivity contribution >= 4 is 5.91 Å². The molecule has 0 saturated carbocycles. The fraction of sp³-hybridized carbons (Fsp3) is 0.500. The SMILES string of the molecule is COc1ccccc1OCCCC(=O)N(C)CCO. The third-order valence-electron chi connectivity index (χ3n) is 2.72. The second kappa shape index (κ2) is 8.37. The number of benzene rings is 1. The molecule has 0 heterocycles. The highest BCUT2D eigenvalue weighted by molar-refractivity contribution is 5.75. The first-order valence-corrected chi connectivity index (χ1v) is 6.29. The lowest BCUT2D eigenvalue weighted by atomic mass is 10.3. The number of methoxy groups -OCH3 is 1. The van der Waals surface area contributed by atoms with Crippen LogP contribution in [0, 0.1) is 0 Å². The summed E-state index contributed by atoms with van der Waals surface area (Å²) in [5, 5.41) is 8.73. The number of hydrogen-bond donors (Lipinski definition) is 1. The Bertz CT molecular complexity index is 395.